The van der Waals surface area contributed by atoms with E-state index in [2.05, 4.69) is 25.0 Å². The van der Waals surface area contributed by atoms with Gasteiger partial charge in [-0.2, -0.15) is 18.2 Å². The third kappa shape index (κ3) is 5.90. The Kier molecular flexibility index (Phi) is 7.42. The summed E-state index contributed by atoms with van der Waals surface area (Å²) in [4.78, 5) is 24.8. The van der Waals surface area contributed by atoms with E-state index in [0.717, 1.165) is 11.1 Å². The number of nitrogens with one attached hydrogen (secondary N) is 1. The molecule has 2 aromatic heterocycles. The summed E-state index contributed by atoms with van der Waals surface area (Å²) in [6.45, 7) is 1.70. The molecule has 0 unspecified atom stereocenters. The third-order valence-corrected chi connectivity index (χ3v) is 5.04. The minimum Gasteiger partial charge on any atom is -0.467 e. The molecular formula is C19H20ClF4N5O4. The van der Waals surface area contributed by atoms with Crippen LogP contribution in [0.1, 0.15) is 31.9 Å². The number of aromatic nitrogens is 3. The van der Waals surface area contributed by atoms with Crippen LogP contribution in [-0.2, 0) is 4.74 Å². The molecule has 0 radical (unpaired) electrons. The number of hydrogen-bond donors (Lipinski definition) is 2. The molecule has 1 saturated heterocycles. The fourth-order valence-electron chi connectivity index (χ4n) is 3.04. The molecule has 2 aromatic rings. The van der Waals surface area contributed by atoms with E-state index < -0.39 is 42.9 Å². The van der Waals surface area contributed by atoms with Crippen molar-refractivity contribution in [1.82, 2.24) is 15.0 Å². The summed E-state index contributed by atoms with van der Waals surface area (Å²) in [5.41, 5.74) is 0.452. The van der Waals surface area contributed by atoms with Gasteiger partial charge < -0.3 is 19.9 Å². The second kappa shape index (κ2) is 9.91. The smallest absolute Gasteiger partial charge is 0.422 e. The Balaban J connectivity index is 1.77. The van der Waals surface area contributed by atoms with Crippen molar-refractivity contribution < 1.29 is 36.9 Å². The monoisotopic (exact) mass is 493 g/mol. The molecular weight excluding hydrogens is 474 g/mol. The molecule has 180 valence electrons. The van der Waals surface area contributed by atoms with Gasteiger partial charge >= 0.3 is 12.3 Å². The van der Waals surface area contributed by atoms with Crippen molar-refractivity contribution in [3.63, 3.8) is 0 Å². The number of hydrogen-bond acceptors (Lipinski definition) is 8. The Morgan fingerprint density at radius 2 is 2.12 bits per heavy atom. The Morgan fingerprint density at radius 3 is 2.76 bits per heavy atom. The van der Waals surface area contributed by atoms with E-state index in [9.17, 15) is 27.5 Å². The zero-order valence-corrected chi connectivity index (χ0v) is 18.2. The van der Waals surface area contributed by atoms with Gasteiger partial charge in [-0.15, -0.1) is 0 Å². The van der Waals surface area contributed by atoms with Crippen LogP contribution in [0.25, 0.3) is 0 Å². The van der Waals surface area contributed by atoms with Gasteiger partial charge in [-0.05, 0) is 25.0 Å². The van der Waals surface area contributed by atoms with Gasteiger partial charge in [0.2, 0.25) is 11.8 Å². The Labute approximate surface area is 190 Å². The summed E-state index contributed by atoms with van der Waals surface area (Å²) in [5, 5.41) is 12.9. The number of rotatable bonds is 8. The predicted octanol–water partition coefficient (Wildman–Crippen LogP) is 3.87. The second-order valence-electron chi connectivity index (χ2n) is 7.18. The lowest BCUT2D eigenvalue weighted by atomic mass is 10.1. The Bertz CT molecular complexity index is 1010. The maximum absolute atomic E-state index is 14.4. The molecule has 14 heteroatoms. The highest BCUT2D eigenvalue weighted by Gasteiger charge is 2.40. The van der Waals surface area contributed by atoms with E-state index >= 15 is 0 Å². The van der Waals surface area contributed by atoms with Crippen molar-refractivity contribution in [2.75, 3.05) is 23.4 Å². The predicted molar refractivity (Wildman–Crippen MR) is 109 cm³/mol. The Hall–Kier alpha value is -2.93. The summed E-state index contributed by atoms with van der Waals surface area (Å²) < 4.78 is 60.9. The van der Waals surface area contributed by atoms with E-state index in [1.807, 2.05) is 0 Å². The van der Waals surface area contributed by atoms with Crippen molar-refractivity contribution in [2.24, 2.45) is 0 Å². The second-order valence-corrected chi connectivity index (χ2v) is 7.59. The number of carbonyl (C=O) groups excluding carboxylic acids is 1. The molecule has 0 aromatic carbocycles. The van der Waals surface area contributed by atoms with E-state index in [4.69, 9.17) is 16.3 Å². The highest BCUT2D eigenvalue weighted by atomic mass is 35.5. The lowest BCUT2D eigenvalue weighted by Crippen LogP contribution is -2.43. The van der Waals surface area contributed by atoms with Gasteiger partial charge in [0.15, 0.2) is 18.2 Å². The molecule has 1 amide bonds. The average Bonchev–Trinajstić information content (AvgIpc) is 3.14. The topological polar surface area (TPSA) is 110 Å². The zero-order valence-electron chi connectivity index (χ0n) is 17.4. The lowest BCUT2D eigenvalue weighted by molar-refractivity contribution is -0.154. The summed E-state index contributed by atoms with van der Waals surface area (Å²) >= 11 is 5.97. The molecule has 2 N–H and O–H groups in total. The molecule has 3 heterocycles. The molecule has 1 aliphatic rings. The molecule has 9 nitrogen and oxygen atoms in total. The van der Waals surface area contributed by atoms with Crippen LogP contribution in [0, 0.1) is 5.82 Å². The van der Waals surface area contributed by atoms with Crippen molar-refractivity contribution in [1.29, 1.82) is 0 Å². The van der Waals surface area contributed by atoms with E-state index in [-0.39, 0.29) is 29.3 Å². The van der Waals surface area contributed by atoms with Gasteiger partial charge in [0, 0.05) is 6.20 Å². The normalized spacial score (nSPS) is 18.1. The van der Waals surface area contributed by atoms with Gasteiger partial charge in [0.1, 0.15) is 17.7 Å². The third-order valence-electron chi connectivity index (χ3n) is 4.77. The van der Waals surface area contributed by atoms with Crippen molar-refractivity contribution in [3.8, 4) is 5.88 Å². The number of pyridine rings is 1. The minimum atomic E-state index is -4.54. The molecule has 1 aliphatic heterocycles. The fourth-order valence-corrected chi connectivity index (χ4v) is 3.27. The summed E-state index contributed by atoms with van der Waals surface area (Å²) in [6.07, 6.45) is -3.92. The first-order valence-corrected chi connectivity index (χ1v) is 10.2. The van der Waals surface area contributed by atoms with Crippen molar-refractivity contribution >= 4 is 29.5 Å². The molecule has 0 aliphatic carbocycles. The maximum Gasteiger partial charge on any atom is 0.422 e. The van der Waals surface area contributed by atoms with Crippen LogP contribution in [0.15, 0.2) is 18.5 Å². The number of nitrogens with zero attached hydrogens (tertiary/aromatic N) is 4. The first-order chi connectivity index (χ1) is 15.5. The number of anilines is 2. The van der Waals surface area contributed by atoms with Crippen LogP contribution < -0.4 is 15.0 Å². The number of alkyl halides is 3. The molecule has 3 rings (SSSR count). The van der Waals surface area contributed by atoms with E-state index in [0.29, 0.717) is 12.0 Å². The number of aliphatic hydroxyl groups is 1. The van der Waals surface area contributed by atoms with Gasteiger partial charge in [-0.25, -0.2) is 24.1 Å². The molecule has 33 heavy (non-hydrogen) atoms. The summed E-state index contributed by atoms with van der Waals surface area (Å²) in [7, 11) is 0. The largest absolute Gasteiger partial charge is 0.467 e. The number of amides is 1. The zero-order chi connectivity index (χ0) is 24.3. The lowest BCUT2D eigenvalue weighted by Gasteiger charge is -2.24. The average molecular weight is 494 g/mol. The van der Waals surface area contributed by atoms with Gasteiger partial charge in [0.25, 0.3) is 0 Å². The molecule has 0 bridgehead atoms. The minimum absolute atomic E-state index is 0.0585. The van der Waals surface area contributed by atoms with Crippen LogP contribution in [-0.4, -0.2) is 57.7 Å². The summed E-state index contributed by atoms with van der Waals surface area (Å²) in [6, 6.07) is -0.0228. The highest BCUT2D eigenvalue weighted by Crippen LogP contribution is 2.30. The number of ether oxygens (including phenoxy) is 2. The maximum atomic E-state index is 14.4. The van der Waals surface area contributed by atoms with Gasteiger partial charge in [-0.3, -0.25) is 0 Å². The fraction of sp³-hybridized carbons (Fsp3) is 0.474. The van der Waals surface area contributed by atoms with Crippen LogP contribution in [0.2, 0.25) is 5.02 Å². The first kappa shape index (κ1) is 24.7. The van der Waals surface area contributed by atoms with Crippen molar-refractivity contribution in [3.05, 3.63) is 34.9 Å². The standard InChI is InChI=1S/C19H20ClF4N5O4/c1-3-14(30)13-7-32-18(31)29(13)15-12(21)6-26-17(28-15)27-9(2)10-4-11(20)16(25-5-10)33-8-19(22,23)24/h4-6,9,13-14,30H,3,7-8H2,1-2H3,(H,26,27,28)/t9-,13+,14+/m0/s1. The highest BCUT2D eigenvalue weighted by molar-refractivity contribution is 6.31. The van der Waals surface area contributed by atoms with Gasteiger partial charge in [-0.1, -0.05) is 18.5 Å². The van der Waals surface area contributed by atoms with Crippen LogP contribution >= 0.6 is 11.6 Å². The Morgan fingerprint density at radius 1 is 1.39 bits per heavy atom. The quantitative estimate of drug-likeness (QED) is 0.533. The molecule has 0 spiro atoms. The number of halogens is 5. The van der Waals surface area contributed by atoms with Crippen LogP contribution in [0.3, 0.4) is 0 Å². The SMILES string of the molecule is CC[C@@H](O)[C@H]1COC(=O)N1c1nc(N[C@@H](C)c2cnc(OCC(F)(F)F)c(Cl)c2)ncc1F. The molecule has 1 fully saturated rings. The van der Waals surface area contributed by atoms with Crippen molar-refractivity contribution in [2.45, 2.75) is 44.6 Å². The van der Waals surface area contributed by atoms with Gasteiger partial charge in [0.05, 0.1) is 18.3 Å². The first-order valence-electron chi connectivity index (χ1n) is 9.78. The molecule has 0 saturated carbocycles. The van der Waals surface area contributed by atoms with E-state index in [1.54, 1.807) is 13.8 Å². The summed E-state index contributed by atoms with van der Waals surface area (Å²) in [5.74, 6) is -1.70. The van der Waals surface area contributed by atoms with Crippen LogP contribution in [0.4, 0.5) is 34.1 Å². The number of carbonyl (C=O) groups is 1. The molecule has 3 atom stereocenters. The number of cyclic esters (lactones) is 1. The van der Waals surface area contributed by atoms with E-state index in [1.165, 1.54) is 12.3 Å². The van der Waals surface area contributed by atoms with Crippen LogP contribution in [0.5, 0.6) is 5.88 Å². The number of aliphatic hydroxyl groups excluding tert-OH is 1.